The molecule has 3 heterocycles. The van der Waals surface area contributed by atoms with Crippen LogP contribution in [-0.4, -0.2) is 30.4 Å². The SMILES string of the molecule is Cn1nc(C(F)F)c(/C=C/C(=O)O)c1-n1ccc2cccnc21. The number of pyridine rings is 1. The number of rotatable bonds is 4. The first-order valence-electron chi connectivity index (χ1n) is 6.67. The Morgan fingerprint density at radius 3 is 2.87 bits per heavy atom. The van der Waals surface area contributed by atoms with Crippen LogP contribution in [0.3, 0.4) is 0 Å². The van der Waals surface area contributed by atoms with E-state index >= 15 is 0 Å². The minimum absolute atomic E-state index is 0.0491. The second-order valence-electron chi connectivity index (χ2n) is 4.82. The Morgan fingerprint density at radius 2 is 2.17 bits per heavy atom. The van der Waals surface area contributed by atoms with E-state index in [-0.39, 0.29) is 5.56 Å². The largest absolute Gasteiger partial charge is 0.478 e. The Labute approximate surface area is 129 Å². The van der Waals surface area contributed by atoms with Crippen LogP contribution in [0.5, 0.6) is 0 Å². The number of nitrogens with zero attached hydrogens (tertiary/aromatic N) is 4. The summed E-state index contributed by atoms with van der Waals surface area (Å²) in [7, 11) is 1.52. The van der Waals surface area contributed by atoms with E-state index in [9.17, 15) is 13.6 Å². The molecule has 0 amide bonds. The summed E-state index contributed by atoms with van der Waals surface area (Å²) < 4.78 is 29.3. The maximum Gasteiger partial charge on any atom is 0.328 e. The minimum Gasteiger partial charge on any atom is -0.478 e. The van der Waals surface area contributed by atoms with Gasteiger partial charge in [-0.25, -0.2) is 18.6 Å². The van der Waals surface area contributed by atoms with Crippen LogP contribution in [0.25, 0.3) is 22.9 Å². The van der Waals surface area contributed by atoms with Gasteiger partial charge in [-0.15, -0.1) is 0 Å². The van der Waals surface area contributed by atoms with Crippen LogP contribution in [-0.2, 0) is 11.8 Å². The number of aryl methyl sites for hydroxylation is 1. The molecule has 3 aromatic rings. The molecule has 0 spiro atoms. The van der Waals surface area contributed by atoms with E-state index in [4.69, 9.17) is 5.11 Å². The summed E-state index contributed by atoms with van der Waals surface area (Å²) in [6.45, 7) is 0. The normalized spacial score (nSPS) is 11.8. The predicted molar refractivity (Wildman–Crippen MR) is 79.5 cm³/mol. The standard InChI is InChI=1S/C15H12F2N4O2/c1-20-15(21-8-6-9-3-2-7-18-14(9)21)10(4-5-11(22)23)12(19-20)13(16)17/h2-8,13H,1H3,(H,22,23)/b5-4+. The Hall–Kier alpha value is -3.03. The Kier molecular flexibility index (Phi) is 3.65. The van der Waals surface area contributed by atoms with Crippen LogP contribution in [0.2, 0.25) is 0 Å². The maximum atomic E-state index is 13.2. The molecule has 0 unspecified atom stereocenters. The monoisotopic (exact) mass is 318 g/mol. The molecule has 0 aliphatic rings. The number of hydrogen-bond donors (Lipinski definition) is 1. The number of aromatic nitrogens is 4. The summed E-state index contributed by atoms with van der Waals surface area (Å²) in [5.74, 6) is -0.901. The van der Waals surface area contributed by atoms with E-state index in [2.05, 4.69) is 10.1 Å². The van der Waals surface area contributed by atoms with Gasteiger partial charge in [0, 0.05) is 36.5 Å². The van der Waals surface area contributed by atoms with Crippen LogP contribution >= 0.6 is 0 Å². The molecular formula is C15H12F2N4O2. The van der Waals surface area contributed by atoms with Gasteiger partial charge in [0.2, 0.25) is 0 Å². The second kappa shape index (κ2) is 5.64. The van der Waals surface area contributed by atoms with Gasteiger partial charge in [-0.2, -0.15) is 5.10 Å². The Morgan fingerprint density at radius 1 is 1.39 bits per heavy atom. The summed E-state index contributed by atoms with van der Waals surface area (Å²) in [6, 6.07) is 5.41. The molecular weight excluding hydrogens is 306 g/mol. The third kappa shape index (κ3) is 2.59. The summed E-state index contributed by atoms with van der Waals surface area (Å²) in [5, 5.41) is 13.4. The van der Waals surface area contributed by atoms with Crippen molar-refractivity contribution in [3.63, 3.8) is 0 Å². The molecule has 3 aromatic heterocycles. The van der Waals surface area contributed by atoms with Crippen molar-refractivity contribution >= 4 is 23.1 Å². The summed E-state index contributed by atoms with van der Waals surface area (Å²) in [4.78, 5) is 15.0. The number of aliphatic carboxylic acids is 1. The lowest BCUT2D eigenvalue weighted by Gasteiger charge is -2.07. The smallest absolute Gasteiger partial charge is 0.328 e. The van der Waals surface area contributed by atoms with Gasteiger partial charge in [0.25, 0.3) is 6.43 Å². The van der Waals surface area contributed by atoms with Crippen molar-refractivity contribution < 1.29 is 18.7 Å². The van der Waals surface area contributed by atoms with Crippen molar-refractivity contribution in [1.29, 1.82) is 0 Å². The summed E-state index contributed by atoms with van der Waals surface area (Å²) in [5.41, 5.74) is 0.145. The molecule has 1 N–H and O–H groups in total. The number of fused-ring (bicyclic) bond motifs is 1. The second-order valence-corrected chi connectivity index (χ2v) is 4.82. The Bertz CT molecular complexity index is 911. The van der Waals surface area contributed by atoms with Crippen molar-refractivity contribution in [2.45, 2.75) is 6.43 Å². The van der Waals surface area contributed by atoms with Crippen molar-refractivity contribution in [1.82, 2.24) is 19.3 Å². The average Bonchev–Trinajstić information content (AvgIpc) is 3.05. The molecule has 0 saturated carbocycles. The lowest BCUT2D eigenvalue weighted by atomic mass is 10.2. The van der Waals surface area contributed by atoms with Gasteiger partial charge >= 0.3 is 5.97 Å². The fraction of sp³-hybridized carbons (Fsp3) is 0.133. The fourth-order valence-corrected chi connectivity index (χ4v) is 2.45. The van der Waals surface area contributed by atoms with E-state index < -0.39 is 18.1 Å². The molecule has 0 aliphatic heterocycles. The average molecular weight is 318 g/mol. The van der Waals surface area contributed by atoms with E-state index in [1.165, 1.54) is 11.7 Å². The molecule has 0 aliphatic carbocycles. The number of carboxylic acid groups (broad SMARTS) is 1. The number of halogens is 2. The molecule has 8 heteroatoms. The van der Waals surface area contributed by atoms with Gasteiger partial charge in [0.1, 0.15) is 17.2 Å². The molecule has 118 valence electrons. The summed E-state index contributed by atoms with van der Waals surface area (Å²) in [6.07, 6.45) is 2.39. The van der Waals surface area contributed by atoms with E-state index in [1.54, 1.807) is 29.1 Å². The first-order valence-corrected chi connectivity index (χ1v) is 6.67. The van der Waals surface area contributed by atoms with Gasteiger partial charge in [0.15, 0.2) is 0 Å². The zero-order valence-corrected chi connectivity index (χ0v) is 12.0. The molecule has 0 aromatic carbocycles. The van der Waals surface area contributed by atoms with Gasteiger partial charge in [-0.3, -0.25) is 9.25 Å². The highest BCUT2D eigenvalue weighted by atomic mass is 19.3. The Balaban J connectivity index is 2.28. The quantitative estimate of drug-likeness (QED) is 0.751. The molecule has 3 rings (SSSR count). The highest BCUT2D eigenvalue weighted by Crippen LogP contribution is 2.29. The van der Waals surface area contributed by atoms with Gasteiger partial charge in [-0.05, 0) is 24.3 Å². The molecule has 6 nitrogen and oxygen atoms in total. The molecule has 0 atom stereocenters. The van der Waals surface area contributed by atoms with Crippen LogP contribution in [0.1, 0.15) is 17.7 Å². The van der Waals surface area contributed by atoms with Crippen LogP contribution in [0.15, 0.2) is 36.7 Å². The molecule has 23 heavy (non-hydrogen) atoms. The molecule has 0 saturated heterocycles. The third-order valence-corrected chi connectivity index (χ3v) is 3.36. The van der Waals surface area contributed by atoms with E-state index in [0.717, 1.165) is 17.5 Å². The highest BCUT2D eigenvalue weighted by molar-refractivity contribution is 5.87. The first-order chi connectivity index (χ1) is 11.0. The zero-order valence-electron chi connectivity index (χ0n) is 12.0. The van der Waals surface area contributed by atoms with Gasteiger partial charge < -0.3 is 5.11 Å². The molecule has 0 bridgehead atoms. The summed E-state index contributed by atoms with van der Waals surface area (Å²) >= 11 is 0. The van der Waals surface area contributed by atoms with E-state index in [1.807, 2.05) is 6.07 Å². The maximum absolute atomic E-state index is 13.2. The van der Waals surface area contributed by atoms with Crippen molar-refractivity contribution in [2.24, 2.45) is 7.05 Å². The van der Waals surface area contributed by atoms with Gasteiger partial charge in [-0.1, -0.05) is 0 Å². The zero-order chi connectivity index (χ0) is 16.6. The third-order valence-electron chi connectivity index (χ3n) is 3.36. The number of carboxylic acids is 1. The topological polar surface area (TPSA) is 72.9 Å². The predicted octanol–water partition coefficient (Wildman–Crippen LogP) is 2.79. The number of carbonyl (C=O) groups is 1. The van der Waals surface area contributed by atoms with Gasteiger partial charge in [0.05, 0.1) is 0 Å². The number of hydrogen-bond acceptors (Lipinski definition) is 3. The number of alkyl halides is 2. The van der Waals surface area contributed by atoms with Crippen LogP contribution < -0.4 is 0 Å². The van der Waals surface area contributed by atoms with Crippen LogP contribution in [0, 0.1) is 0 Å². The lowest BCUT2D eigenvalue weighted by molar-refractivity contribution is -0.131. The van der Waals surface area contributed by atoms with Crippen molar-refractivity contribution in [2.75, 3.05) is 0 Å². The lowest BCUT2D eigenvalue weighted by Crippen LogP contribution is -2.03. The minimum atomic E-state index is -2.82. The molecule has 0 radical (unpaired) electrons. The van der Waals surface area contributed by atoms with Crippen molar-refractivity contribution in [3.05, 3.63) is 47.9 Å². The van der Waals surface area contributed by atoms with Crippen LogP contribution in [0.4, 0.5) is 8.78 Å². The fourth-order valence-electron chi connectivity index (χ4n) is 2.45. The highest BCUT2D eigenvalue weighted by Gasteiger charge is 2.23. The van der Waals surface area contributed by atoms with E-state index in [0.29, 0.717) is 11.5 Å². The molecule has 0 fully saturated rings. The van der Waals surface area contributed by atoms with Crippen molar-refractivity contribution in [3.8, 4) is 5.82 Å². The first kappa shape index (κ1) is 14.9.